The van der Waals surface area contributed by atoms with Gasteiger partial charge in [-0.2, -0.15) is 0 Å². The number of nitrogens with zero attached hydrogens (tertiary/aromatic N) is 2. The summed E-state index contributed by atoms with van der Waals surface area (Å²) in [7, 11) is 3.43. The zero-order valence-corrected chi connectivity index (χ0v) is 18.3. The van der Waals surface area contributed by atoms with Crippen LogP contribution in [0.3, 0.4) is 0 Å². The first-order valence-corrected chi connectivity index (χ1v) is 10.8. The molecule has 164 valence electrons. The fourth-order valence-electron chi connectivity index (χ4n) is 3.38. The van der Waals surface area contributed by atoms with E-state index >= 15 is 0 Å². The second kappa shape index (κ2) is 14.1. The van der Waals surface area contributed by atoms with Crippen LogP contribution in [0.4, 0.5) is 0 Å². The molecule has 2 rings (SSSR count). The molecule has 1 aliphatic rings. The van der Waals surface area contributed by atoms with Crippen molar-refractivity contribution in [3.8, 4) is 11.5 Å². The minimum absolute atomic E-state index is 0.486. The summed E-state index contributed by atoms with van der Waals surface area (Å²) in [5.41, 5.74) is 0. The third-order valence-electron chi connectivity index (χ3n) is 4.98. The van der Waals surface area contributed by atoms with Gasteiger partial charge in [0.05, 0.1) is 13.7 Å². The Morgan fingerprint density at radius 2 is 1.93 bits per heavy atom. The number of piperidine rings is 1. The quantitative estimate of drug-likeness (QED) is 0.316. The average Bonchev–Trinajstić information content (AvgIpc) is 2.75. The SMILES string of the molecule is CCNC(=NCCCOc1cccc(OC)c1)NC1CCN(CCCOC)CC1. The first-order valence-electron chi connectivity index (χ1n) is 10.8. The third-order valence-corrected chi connectivity index (χ3v) is 4.98. The molecule has 1 heterocycles. The van der Waals surface area contributed by atoms with Crippen molar-refractivity contribution in [1.82, 2.24) is 15.5 Å². The lowest BCUT2D eigenvalue weighted by Gasteiger charge is -2.33. The Morgan fingerprint density at radius 3 is 2.66 bits per heavy atom. The van der Waals surface area contributed by atoms with E-state index in [1.54, 1.807) is 14.2 Å². The summed E-state index contributed by atoms with van der Waals surface area (Å²) in [4.78, 5) is 7.24. The van der Waals surface area contributed by atoms with Crippen molar-refractivity contribution in [2.24, 2.45) is 4.99 Å². The van der Waals surface area contributed by atoms with E-state index in [-0.39, 0.29) is 0 Å². The number of hydrogen-bond donors (Lipinski definition) is 2. The van der Waals surface area contributed by atoms with E-state index in [9.17, 15) is 0 Å². The molecule has 0 bridgehead atoms. The summed E-state index contributed by atoms with van der Waals surface area (Å²) < 4.78 is 16.2. The first-order chi connectivity index (χ1) is 14.2. The van der Waals surface area contributed by atoms with Gasteiger partial charge in [-0.25, -0.2) is 0 Å². The predicted octanol–water partition coefficient (Wildman–Crippen LogP) is 2.52. The van der Waals surface area contributed by atoms with E-state index in [0.717, 1.165) is 82.5 Å². The van der Waals surface area contributed by atoms with Gasteiger partial charge in [-0.05, 0) is 38.3 Å². The van der Waals surface area contributed by atoms with Gasteiger partial charge in [-0.15, -0.1) is 0 Å². The average molecular weight is 407 g/mol. The summed E-state index contributed by atoms with van der Waals surface area (Å²) in [5.74, 6) is 2.55. The van der Waals surface area contributed by atoms with Crippen LogP contribution in [0.1, 0.15) is 32.6 Å². The number of nitrogens with one attached hydrogen (secondary N) is 2. The molecule has 0 aliphatic carbocycles. The summed E-state index contributed by atoms with van der Waals surface area (Å²) in [6.07, 6.45) is 4.27. The molecule has 1 saturated heterocycles. The Balaban J connectivity index is 1.67. The predicted molar refractivity (Wildman–Crippen MR) is 118 cm³/mol. The number of ether oxygens (including phenoxy) is 3. The van der Waals surface area contributed by atoms with Crippen LogP contribution in [0.25, 0.3) is 0 Å². The Kier molecular flexibility index (Phi) is 11.3. The van der Waals surface area contributed by atoms with Crippen LogP contribution in [-0.4, -0.2) is 77.1 Å². The van der Waals surface area contributed by atoms with Gasteiger partial charge in [-0.3, -0.25) is 4.99 Å². The highest BCUT2D eigenvalue weighted by Crippen LogP contribution is 2.18. The monoisotopic (exact) mass is 406 g/mol. The molecule has 29 heavy (non-hydrogen) atoms. The number of methoxy groups -OCH3 is 2. The largest absolute Gasteiger partial charge is 0.497 e. The highest BCUT2D eigenvalue weighted by molar-refractivity contribution is 5.80. The third kappa shape index (κ3) is 9.37. The zero-order valence-electron chi connectivity index (χ0n) is 18.3. The minimum atomic E-state index is 0.486. The van der Waals surface area contributed by atoms with Crippen LogP contribution in [0, 0.1) is 0 Å². The van der Waals surface area contributed by atoms with E-state index in [1.165, 1.54) is 0 Å². The van der Waals surface area contributed by atoms with Gasteiger partial charge in [0.25, 0.3) is 0 Å². The van der Waals surface area contributed by atoms with Crippen LogP contribution >= 0.6 is 0 Å². The molecule has 0 saturated carbocycles. The molecule has 1 aromatic rings. The lowest BCUT2D eigenvalue weighted by molar-refractivity contribution is 0.155. The molecule has 1 aromatic carbocycles. The van der Waals surface area contributed by atoms with Crippen molar-refractivity contribution in [2.45, 2.75) is 38.6 Å². The Labute approximate surface area is 175 Å². The van der Waals surface area contributed by atoms with Crippen molar-refractivity contribution in [3.05, 3.63) is 24.3 Å². The van der Waals surface area contributed by atoms with E-state index in [0.29, 0.717) is 12.6 Å². The lowest BCUT2D eigenvalue weighted by Crippen LogP contribution is -2.48. The summed E-state index contributed by atoms with van der Waals surface area (Å²) in [6, 6.07) is 8.17. The maximum Gasteiger partial charge on any atom is 0.191 e. The standard InChI is InChI=1S/C22H38N4O3/c1-4-23-22(25-19-10-14-26(15-11-19)13-7-16-27-2)24-12-6-17-29-21-9-5-8-20(18-21)28-3/h5,8-9,18-19H,4,6-7,10-17H2,1-3H3,(H2,23,24,25). The van der Waals surface area contributed by atoms with Crippen LogP contribution in [-0.2, 0) is 4.74 Å². The normalized spacial score (nSPS) is 15.9. The number of rotatable bonds is 12. The molecule has 0 unspecified atom stereocenters. The van der Waals surface area contributed by atoms with Crippen LogP contribution in [0.2, 0.25) is 0 Å². The smallest absolute Gasteiger partial charge is 0.191 e. The van der Waals surface area contributed by atoms with E-state index < -0.39 is 0 Å². The van der Waals surface area contributed by atoms with Crippen molar-refractivity contribution >= 4 is 5.96 Å². The fraction of sp³-hybridized carbons (Fsp3) is 0.682. The van der Waals surface area contributed by atoms with Crippen molar-refractivity contribution in [2.75, 3.05) is 60.2 Å². The maximum atomic E-state index is 5.79. The molecule has 1 fully saturated rings. The zero-order chi connectivity index (χ0) is 20.7. The summed E-state index contributed by atoms with van der Waals surface area (Å²) in [6.45, 7) is 8.57. The second-order valence-corrected chi connectivity index (χ2v) is 7.25. The van der Waals surface area contributed by atoms with Crippen molar-refractivity contribution in [3.63, 3.8) is 0 Å². The minimum Gasteiger partial charge on any atom is -0.497 e. The van der Waals surface area contributed by atoms with Gasteiger partial charge >= 0.3 is 0 Å². The lowest BCUT2D eigenvalue weighted by atomic mass is 10.1. The summed E-state index contributed by atoms with van der Waals surface area (Å²) in [5, 5.41) is 6.96. The van der Waals surface area contributed by atoms with Gasteiger partial charge in [-0.1, -0.05) is 6.07 Å². The molecule has 0 spiro atoms. The van der Waals surface area contributed by atoms with Gasteiger partial charge in [0, 0.05) is 65.0 Å². The molecule has 0 amide bonds. The van der Waals surface area contributed by atoms with E-state index in [4.69, 9.17) is 19.2 Å². The number of hydrogen-bond acceptors (Lipinski definition) is 5. The molecule has 1 aliphatic heterocycles. The summed E-state index contributed by atoms with van der Waals surface area (Å²) >= 11 is 0. The molecular formula is C22H38N4O3. The van der Waals surface area contributed by atoms with Crippen molar-refractivity contribution in [1.29, 1.82) is 0 Å². The number of benzene rings is 1. The molecular weight excluding hydrogens is 368 g/mol. The number of likely N-dealkylation sites (tertiary alicyclic amines) is 1. The number of guanidine groups is 1. The van der Waals surface area contributed by atoms with E-state index in [2.05, 4.69) is 22.5 Å². The van der Waals surface area contributed by atoms with Crippen LogP contribution in [0.15, 0.2) is 29.3 Å². The highest BCUT2D eigenvalue weighted by Gasteiger charge is 2.19. The van der Waals surface area contributed by atoms with E-state index in [1.807, 2.05) is 24.3 Å². The topological polar surface area (TPSA) is 67.4 Å². The van der Waals surface area contributed by atoms with Gasteiger partial charge < -0.3 is 29.7 Å². The van der Waals surface area contributed by atoms with Gasteiger partial charge in [0.15, 0.2) is 5.96 Å². The van der Waals surface area contributed by atoms with Gasteiger partial charge in [0.1, 0.15) is 11.5 Å². The highest BCUT2D eigenvalue weighted by atomic mass is 16.5. The molecule has 7 heteroatoms. The fourth-order valence-corrected chi connectivity index (χ4v) is 3.38. The Hall–Kier alpha value is -1.99. The van der Waals surface area contributed by atoms with Gasteiger partial charge in [0.2, 0.25) is 0 Å². The molecule has 7 nitrogen and oxygen atoms in total. The second-order valence-electron chi connectivity index (χ2n) is 7.25. The van der Waals surface area contributed by atoms with Crippen LogP contribution in [0.5, 0.6) is 11.5 Å². The maximum absolute atomic E-state index is 5.79. The molecule has 2 N–H and O–H groups in total. The molecule has 0 radical (unpaired) electrons. The molecule has 0 atom stereocenters. The van der Waals surface area contributed by atoms with Crippen LogP contribution < -0.4 is 20.1 Å². The van der Waals surface area contributed by atoms with Crippen molar-refractivity contribution < 1.29 is 14.2 Å². The Morgan fingerprint density at radius 1 is 1.14 bits per heavy atom. The molecule has 0 aromatic heterocycles. The first kappa shape index (κ1) is 23.3. The number of aliphatic imine (C=N–C) groups is 1. The Bertz CT molecular complexity index is 589.